The summed E-state index contributed by atoms with van der Waals surface area (Å²) in [7, 11) is 0. The van der Waals surface area contributed by atoms with Crippen LogP contribution in [0.15, 0.2) is 48.5 Å². The predicted octanol–water partition coefficient (Wildman–Crippen LogP) is 3.77. The van der Waals surface area contributed by atoms with Crippen LogP contribution in [0.25, 0.3) is 0 Å². The Morgan fingerprint density at radius 3 is 2.56 bits per heavy atom. The molecule has 1 N–H and O–H groups in total. The number of hydrogen-bond acceptors (Lipinski definition) is 3. The van der Waals surface area contributed by atoms with Crippen LogP contribution in [-0.4, -0.2) is 53.8 Å². The second-order valence-corrected chi connectivity index (χ2v) is 9.09. The zero-order valence-electron chi connectivity index (χ0n) is 18.7. The molecule has 0 aliphatic carbocycles. The normalized spacial score (nSPS) is 20.2. The Hall–Kier alpha value is -2.73. The molecule has 32 heavy (non-hydrogen) atoms. The van der Waals surface area contributed by atoms with Crippen molar-refractivity contribution in [3.05, 3.63) is 71.0 Å². The maximum atomic E-state index is 13.5. The summed E-state index contributed by atoms with van der Waals surface area (Å²) < 4.78 is 13.5. The molecule has 170 valence electrons. The number of piperidine rings is 2. The minimum atomic E-state index is -0.218. The van der Waals surface area contributed by atoms with E-state index >= 15 is 0 Å². The van der Waals surface area contributed by atoms with Crippen LogP contribution in [0.5, 0.6) is 0 Å². The van der Waals surface area contributed by atoms with Crippen LogP contribution in [0.1, 0.15) is 47.2 Å². The molecule has 0 saturated carbocycles. The molecule has 5 nitrogen and oxygen atoms in total. The molecule has 1 unspecified atom stereocenters. The van der Waals surface area contributed by atoms with Gasteiger partial charge in [-0.15, -0.1) is 0 Å². The molecule has 2 aromatic rings. The van der Waals surface area contributed by atoms with Crippen molar-refractivity contribution in [2.45, 2.75) is 45.2 Å². The number of nitrogens with zero attached hydrogens (tertiary/aromatic N) is 2. The van der Waals surface area contributed by atoms with Crippen LogP contribution >= 0.6 is 0 Å². The number of hydrogen-bond donors (Lipinski definition) is 1. The summed E-state index contributed by atoms with van der Waals surface area (Å²) in [5.74, 6) is -0.0364. The van der Waals surface area contributed by atoms with Crippen molar-refractivity contribution in [3.8, 4) is 0 Å². The molecular formula is C26H32FN3O2. The van der Waals surface area contributed by atoms with Gasteiger partial charge in [0, 0.05) is 37.8 Å². The SMILES string of the molecule is Cc1ccccc1C(=O)NC1CCN(C(=O)C2CCCN(Cc3cccc(F)c3)C2)CC1. The Labute approximate surface area is 189 Å². The molecule has 0 aromatic heterocycles. The van der Waals surface area contributed by atoms with Gasteiger partial charge in [0.15, 0.2) is 0 Å². The van der Waals surface area contributed by atoms with Crippen LogP contribution in [0.4, 0.5) is 4.39 Å². The Morgan fingerprint density at radius 1 is 1.03 bits per heavy atom. The van der Waals surface area contributed by atoms with Gasteiger partial charge in [-0.2, -0.15) is 0 Å². The van der Waals surface area contributed by atoms with Gasteiger partial charge in [0.2, 0.25) is 5.91 Å². The van der Waals surface area contributed by atoms with Crippen LogP contribution in [0.3, 0.4) is 0 Å². The van der Waals surface area contributed by atoms with Crippen LogP contribution < -0.4 is 5.32 Å². The van der Waals surface area contributed by atoms with E-state index in [0.717, 1.165) is 49.9 Å². The number of carbonyl (C=O) groups excluding carboxylic acids is 2. The van der Waals surface area contributed by atoms with Gasteiger partial charge in [0.05, 0.1) is 5.92 Å². The summed E-state index contributed by atoms with van der Waals surface area (Å²) in [5, 5.41) is 3.14. The van der Waals surface area contributed by atoms with Crippen molar-refractivity contribution < 1.29 is 14.0 Å². The Kier molecular flexibility index (Phi) is 7.20. The number of benzene rings is 2. The minimum absolute atomic E-state index is 0.00424. The van der Waals surface area contributed by atoms with Gasteiger partial charge in [-0.3, -0.25) is 14.5 Å². The first kappa shape index (κ1) is 22.5. The first-order valence-electron chi connectivity index (χ1n) is 11.6. The van der Waals surface area contributed by atoms with E-state index in [9.17, 15) is 14.0 Å². The third-order valence-electron chi connectivity index (χ3n) is 6.68. The second-order valence-electron chi connectivity index (χ2n) is 9.09. The average molecular weight is 438 g/mol. The lowest BCUT2D eigenvalue weighted by Gasteiger charge is -2.38. The van der Waals surface area contributed by atoms with E-state index < -0.39 is 0 Å². The standard InChI is InChI=1S/C26H32FN3O2/c1-19-6-2-3-10-24(19)25(31)28-23-11-14-30(15-12-23)26(32)21-8-5-13-29(18-21)17-20-7-4-9-22(27)16-20/h2-4,6-7,9-10,16,21,23H,5,8,11-15,17-18H2,1H3,(H,28,31). The van der Waals surface area contributed by atoms with E-state index in [2.05, 4.69) is 10.2 Å². The van der Waals surface area contributed by atoms with Crippen molar-refractivity contribution in [2.24, 2.45) is 5.92 Å². The van der Waals surface area contributed by atoms with Crippen LogP contribution in [0, 0.1) is 18.7 Å². The van der Waals surface area contributed by atoms with Gasteiger partial charge < -0.3 is 10.2 Å². The lowest BCUT2D eigenvalue weighted by Crippen LogP contribution is -2.50. The van der Waals surface area contributed by atoms with Gasteiger partial charge in [-0.25, -0.2) is 4.39 Å². The van der Waals surface area contributed by atoms with Gasteiger partial charge in [0.25, 0.3) is 5.91 Å². The molecule has 2 aromatic carbocycles. The molecule has 2 aliphatic heterocycles. The van der Waals surface area contributed by atoms with E-state index in [1.54, 1.807) is 12.1 Å². The average Bonchev–Trinajstić information content (AvgIpc) is 2.79. The number of amides is 2. The zero-order valence-corrected chi connectivity index (χ0v) is 18.7. The molecular weight excluding hydrogens is 405 g/mol. The molecule has 1 atom stereocenters. The highest BCUT2D eigenvalue weighted by Crippen LogP contribution is 2.23. The monoisotopic (exact) mass is 437 g/mol. The molecule has 2 amide bonds. The molecule has 4 rings (SSSR count). The van der Waals surface area contributed by atoms with Crippen LogP contribution in [-0.2, 0) is 11.3 Å². The van der Waals surface area contributed by atoms with Crippen molar-refractivity contribution in [1.29, 1.82) is 0 Å². The highest BCUT2D eigenvalue weighted by atomic mass is 19.1. The molecule has 0 spiro atoms. The number of aryl methyl sites for hydroxylation is 1. The molecule has 2 aliphatic rings. The van der Waals surface area contributed by atoms with E-state index in [-0.39, 0.29) is 29.6 Å². The summed E-state index contributed by atoms with van der Waals surface area (Å²) in [6.45, 7) is 5.63. The predicted molar refractivity (Wildman–Crippen MR) is 123 cm³/mol. The molecule has 6 heteroatoms. The Balaban J connectivity index is 1.26. The molecule has 0 bridgehead atoms. The van der Waals surface area contributed by atoms with Crippen LogP contribution in [0.2, 0.25) is 0 Å². The smallest absolute Gasteiger partial charge is 0.251 e. The van der Waals surface area contributed by atoms with Gasteiger partial charge >= 0.3 is 0 Å². The number of rotatable bonds is 5. The number of halogens is 1. The number of carbonyl (C=O) groups is 2. The second kappa shape index (κ2) is 10.3. The first-order chi connectivity index (χ1) is 15.5. The zero-order chi connectivity index (χ0) is 22.5. The van der Waals surface area contributed by atoms with Gasteiger partial charge in [0.1, 0.15) is 5.82 Å². The molecule has 2 saturated heterocycles. The number of likely N-dealkylation sites (tertiary alicyclic amines) is 2. The van der Waals surface area contributed by atoms with Crippen molar-refractivity contribution in [1.82, 2.24) is 15.1 Å². The summed E-state index contributed by atoms with van der Waals surface area (Å²) in [6, 6.07) is 14.4. The largest absolute Gasteiger partial charge is 0.349 e. The van der Waals surface area contributed by atoms with E-state index in [4.69, 9.17) is 0 Å². The summed E-state index contributed by atoms with van der Waals surface area (Å²) in [6.07, 6.45) is 3.45. The van der Waals surface area contributed by atoms with E-state index in [1.807, 2.05) is 42.2 Å². The third-order valence-corrected chi connectivity index (χ3v) is 6.68. The minimum Gasteiger partial charge on any atom is -0.349 e. The van der Waals surface area contributed by atoms with Gasteiger partial charge in [-0.1, -0.05) is 30.3 Å². The summed E-state index contributed by atoms with van der Waals surface area (Å²) >= 11 is 0. The highest BCUT2D eigenvalue weighted by Gasteiger charge is 2.32. The maximum absolute atomic E-state index is 13.5. The van der Waals surface area contributed by atoms with Gasteiger partial charge in [-0.05, 0) is 68.5 Å². The fraction of sp³-hybridized carbons (Fsp3) is 0.462. The summed E-state index contributed by atoms with van der Waals surface area (Å²) in [4.78, 5) is 30.0. The summed E-state index contributed by atoms with van der Waals surface area (Å²) in [5.41, 5.74) is 2.63. The third kappa shape index (κ3) is 5.54. The topological polar surface area (TPSA) is 52.7 Å². The lowest BCUT2D eigenvalue weighted by molar-refractivity contribution is -0.138. The lowest BCUT2D eigenvalue weighted by atomic mass is 9.94. The fourth-order valence-corrected chi connectivity index (χ4v) is 4.89. The molecule has 2 fully saturated rings. The fourth-order valence-electron chi connectivity index (χ4n) is 4.89. The Morgan fingerprint density at radius 2 is 1.81 bits per heavy atom. The quantitative estimate of drug-likeness (QED) is 0.775. The van der Waals surface area contributed by atoms with Crippen molar-refractivity contribution in [3.63, 3.8) is 0 Å². The maximum Gasteiger partial charge on any atom is 0.251 e. The highest BCUT2D eigenvalue weighted by molar-refractivity contribution is 5.95. The molecule has 2 heterocycles. The number of nitrogens with one attached hydrogen (secondary N) is 1. The van der Waals surface area contributed by atoms with E-state index in [1.165, 1.54) is 6.07 Å². The van der Waals surface area contributed by atoms with Crippen molar-refractivity contribution >= 4 is 11.8 Å². The van der Waals surface area contributed by atoms with Crippen molar-refractivity contribution in [2.75, 3.05) is 26.2 Å². The first-order valence-corrected chi connectivity index (χ1v) is 11.6. The molecule has 0 radical (unpaired) electrons. The Bertz CT molecular complexity index is 956. The van der Waals surface area contributed by atoms with E-state index in [0.29, 0.717) is 25.2 Å².